The van der Waals surface area contributed by atoms with Gasteiger partial charge in [-0.15, -0.1) is 0 Å². The molecule has 0 saturated heterocycles. The molecule has 0 aliphatic rings. The van der Waals surface area contributed by atoms with E-state index in [1.54, 1.807) is 20.8 Å². The van der Waals surface area contributed by atoms with Crippen molar-refractivity contribution in [3.8, 4) is 11.5 Å². The van der Waals surface area contributed by atoms with Crippen LogP contribution in [0.4, 0.5) is 5.69 Å². The van der Waals surface area contributed by atoms with Crippen LogP contribution in [0.1, 0.15) is 92.3 Å². The zero-order chi connectivity index (χ0) is 28.2. The molecule has 37 heavy (non-hydrogen) atoms. The van der Waals surface area contributed by atoms with E-state index in [9.17, 15) is 14.7 Å². The van der Waals surface area contributed by atoms with E-state index in [0.717, 1.165) is 22.4 Å². The van der Waals surface area contributed by atoms with E-state index in [1.807, 2.05) is 48.2 Å². The Morgan fingerprint density at radius 2 is 1.38 bits per heavy atom. The maximum atomic E-state index is 13.1. The molecule has 1 amide bonds. The van der Waals surface area contributed by atoms with E-state index in [4.69, 9.17) is 9.47 Å². The average molecular weight is 512 g/mol. The molecule has 0 unspecified atom stereocenters. The van der Waals surface area contributed by atoms with E-state index in [2.05, 4.69) is 41.5 Å². The number of carbonyl (C=O) groups excluding carboxylic acids is 2. The fraction of sp³-hybridized carbons (Fsp3) is 0.548. The lowest BCUT2D eigenvalue weighted by atomic mass is 9.79. The second-order valence-electron chi connectivity index (χ2n) is 12.0. The van der Waals surface area contributed by atoms with Gasteiger partial charge in [0.05, 0.1) is 6.61 Å². The van der Waals surface area contributed by atoms with Gasteiger partial charge in [0.25, 0.3) is 0 Å². The van der Waals surface area contributed by atoms with Gasteiger partial charge in [0, 0.05) is 29.8 Å². The van der Waals surface area contributed by atoms with Gasteiger partial charge in [-0.25, -0.2) is 4.79 Å². The van der Waals surface area contributed by atoms with Crippen molar-refractivity contribution in [1.82, 2.24) is 0 Å². The van der Waals surface area contributed by atoms with Gasteiger partial charge in [-0.1, -0.05) is 60.6 Å². The van der Waals surface area contributed by atoms with Gasteiger partial charge < -0.3 is 19.5 Å². The highest BCUT2D eigenvalue weighted by Crippen LogP contribution is 2.42. The van der Waals surface area contributed by atoms with Crippen LogP contribution in [0.2, 0.25) is 0 Å². The van der Waals surface area contributed by atoms with Crippen molar-refractivity contribution in [2.24, 2.45) is 0 Å². The highest BCUT2D eigenvalue weighted by Gasteiger charge is 2.32. The quantitative estimate of drug-likeness (QED) is 0.379. The number of phenolic OH excluding ortho intramolecular Hbond substituents is 1. The van der Waals surface area contributed by atoms with Crippen LogP contribution in [0.15, 0.2) is 36.4 Å². The van der Waals surface area contributed by atoms with E-state index in [0.29, 0.717) is 37.5 Å². The Hall–Kier alpha value is -3.02. The van der Waals surface area contributed by atoms with Crippen LogP contribution in [0, 0.1) is 0 Å². The van der Waals surface area contributed by atoms with Crippen LogP contribution in [-0.4, -0.2) is 35.7 Å². The fourth-order valence-electron chi connectivity index (χ4n) is 4.11. The van der Waals surface area contributed by atoms with Crippen LogP contribution >= 0.6 is 0 Å². The molecular weight excluding hydrogens is 466 g/mol. The Morgan fingerprint density at radius 1 is 0.865 bits per heavy atom. The smallest absolute Gasteiger partial charge is 0.349 e. The molecular formula is C31H45NO5. The lowest BCUT2D eigenvalue weighted by Gasteiger charge is -2.31. The molecule has 2 rings (SSSR count). The SMILES string of the molecule is CCOC(=O)C(C)(C)Oc1ccc(CCN(C(=O)CC)c2cc(C(C)(C)C)c(O)c(C(C)(C)C)c2)cc1. The molecule has 0 bridgehead atoms. The number of hydrogen-bond donors (Lipinski definition) is 1. The Bertz CT molecular complexity index is 1050. The molecule has 0 atom stereocenters. The number of ether oxygens (including phenoxy) is 2. The summed E-state index contributed by atoms with van der Waals surface area (Å²) in [5.41, 5.74) is 1.85. The summed E-state index contributed by atoms with van der Waals surface area (Å²) in [4.78, 5) is 27.0. The van der Waals surface area contributed by atoms with Gasteiger partial charge in [-0.3, -0.25) is 4.79 Å². The molecule has 6 nitrogen and oxygen atoms in total. The molecule has 0 spiro atoms. The molecule has 0 saturated carbocycles. The van der Waals surface area contributed by atoms with Gasteiger partial charge in [0.2, 0.25) is 5.91 Å². The van der Waals surface area contributed by atoms with E-state index < -0.39 is 11.6 Å². The predicted octanol–water partition coefficient (Wildman–Crippen LogP) is 6.69. The molecule has 6 heteroatoms. The molecule has 0 aliphatic heterocycles. The first kappa shape index (κ1) is 30.2. The standard InChI is InChI=1S/C31H45NO5/c1-11-26(33)32(22-19-24(29(3,4)5)27(34)25(20-22)30(6,7)8)18-17-21-13-15-23(16-14-21)37-31(9,10)28(35)36-12-2/h13-16,19-20,34H,11-12,17-18H2,1-10H3. The summed E-state index contributed by atoms with van der Waals surface area (Å²) in [6.07, 6.45) is 1.02. The van der Waals surface area contributed by atoms with Crippen LogP contribution in [0.5, 0.6) is 11.5 Å². The van der Waals surface area contributed by atoms with Crippen LogP contribution in [0.25, 0.3) is 0 Å². The second kappa shape index (κ2) is 11.6. The molecule has 0 heterocycles. The van der Waals surface area contributed by atoms with Crippen molar-refractivity contribution in [2.45, 2.75) is 98.5 Å². The lowest BCUT2D eigenvalue weighted by molar-refractivity contribution is -0.158. The summed E-state index contributed by atoms with van der Waals surface area (Å²) >= 11 is 0. The number of benzene rings is 2. The maximum absolute atomic E-state index is 13.1. The third-order valence-electron chi connectivity index (χ3n) is 6.31. The second-order valence-corrected chi connectivity index (χ2v) is 12.0. The number of nitrogens with zero attached hydrogens (tertiary/aromatic N) is 1. The minimum Gasteiger partial charge on any atom is -0.507 e. The number of aromatic hydroxyl groups is 1. The van der Waals surface area contributed by atoms with Gasteiger partial charge in [0.15, 0.2) is 5.60 Å². The number of esters is 1. The minimum absolute atomic E-state index is 0.0292. The summed E-state index contributed by atoms with van der Waals surface area (Å²) in [6, 6.07) is 11.5. The fourth-order valence-corrected chi connectivity index (χ4v) is 4.11. The number of anilines is 1. The van der Waals surface area contributed by atoms with Gasteiger partial charge in [0.1, 0.15) is 11.5 Å². The third-order valence-corrected chi connectivity index (χ3v) is 6.31. The normalized spacial score (nSPS) is 12.3. The third kappa shape index (κ3) is 7.73. The van der Waals surface area contributed by atoms with Crippen molar-refractivity contribution in [1.29, 1.82) is 0 Å². The van der Waals surface area contributed by atoms with E-state index in [1.165, 1.54) is 0 Å². The molecule has 0 radical (unpaired) electrons. The van der Waals surface area contributed by atoms with Crippen molar-refractivity contribution in [3.05, 3.63) is 53.1 Å². The van der Waals surface area contributed by atoms with Crippen LogP contribution in [0.3, 0.4) is 0 Å². The topological polar surface area (TPSA) is 76.1 Å². The van der Waals surface area contributed by atoms with Crippen LogP contribution in [-0.2, 0) is 31.6 Å². The first-order chi connectivity index (χ1) is 17.0. The summed E-state index contributed by atoms with van der Waals surface area (Å²) in [6.45, 7) is 20.2. The largest absolute Gasteiger partial charge is 0.507 e. The minimum atomic E-state index is -1.09. The number of carbonyl (C=O) groups is 2. The van der Waals surface area contributed by atoms with E-state index >= 15 is 0 Å². The molecule has 0 aromatic heterocycles. The molecule has 2 aromatic carbocycles. The Balaban J connectivity index is 2.32. The van der Waals surface area contributed by atoms with Gasteiger partial charge in [-0.05, 0) is 67.9 Å². The molecule has 204 valence electrons. The first-order valence-electron chi connectivity index (χ1n) is 13.1. The molecule has 0 fully saturated rings. The molecule has 1 N–H and O–H groups in total. The number of phenols is 1. The molecule has 2 aromatic rings. The molecule has 0 aliphatic carbocycles. The summed E-state index contributed by atoms with van der Waals surface area (Å²) < 4.78 is 11.0. The summed E-state index contributed by atoms with van der Waals surface area (Å²) in [5.74, 6) is 0.493. The lowest BCUT2D eigenvalue weighted by Crippen LogP contribution is -2.39. The number of amides is 1. The van der Waals surface area contributed by atoms with Crippen LogP contribution < -0.4 is 9.64 Å². The highest BCUT2D eigenvalue weighted by molar-refractivity contribution is 5.93. The van der Waals surface area contributed by atoms with Gasteiger partial charge in [-0.2, -0.15) is 0 Å². The zero-order valence-electron chi connectivity index (χ0n) is 24.3. The highest BCUT2D eigenvalue weighted by atomic mass is 16.6. The maximum Gasteiger partial charge on any atom is 0.349 e. The van der Waals surface area contributed by atoms with Gasteiger partial charge >= 0.3 is 5.97 Å². The number of hydrogen-bond acceptors (Lipinski definition) is 5. The van der Waals surface area contributed by atoms with Crippen molar-refractivity contribution in [3.63, 3.8) is 0 Å². The summed E-state index contributed by atoms with van der Waals surface area (Å²) in [5, 5.41) is 11.1. The predicted molar refractivity (Wildman–Crippen MR) is 150 cm³/mol. The zero-order valence-corrected chi connectivity index (χ0v) is 24.3. The Labute approximate surface area is 223 Å². The summed E-state index contributed by atoms with van der Waals surface area (Å²) in [7, 11) is 0. The van der Waals surface area contributed by atoms with E-state index in [-0.39, 0.29) is 16.7 Å². The Morgan fingerprint density at radius 3 is 1.81 bits per heavy atom. The van der Waals surface area contributed by atoms with Crippen molar-refractivity contribution < 1.29 is 24.2 Å². The Kier molecular flexibility index (Phi) is 9.45. The average Bonchev–Trinajstić information content (AvgIpc) is 2.79. The monoisotopic (exact) mass is 511 g/mol. The first-order valence-corrected chi connectivity index (χ1v) is 13.1. The number of rotatable bonds is 9. The van der Waals surface area contributed by atoms with Crippen molar-refractivity contribution >= 4 is 17.6 Å². The van der Waals surface area contributed by atoms with Crippen molar-refractivity contribution in [2.75, 3.05) is 18.1 Å².